The summed E-state index contributed by atoms with van der Waals surface area (Å²) in [6.45, 7) is 1.79. The number of nitrogens with one attached hydrogen (secondary N) is 1. The molecule has 0 bridgehead atoms. The van der Waals surface area contributed by atoms with Crippen LogP contribution in [-0.4, -0.2) is 15.7 Å². The largest absolute Gasteiger partial charge is 0.321 e. The number of aromatic nitrogens is 2. The third kappa shape index (κ3) is 2.47. The molecule has 1 aromatic heterocycles. The summed E-state index contributed by atoms with van der Waals surface area (Å²) < 4.78 is 1.61. The van der Waals surface area contributed by atoms with Crippen molar-refractivity contribution in [3.05, 3.63) is 46.7 Å². The summed E-state index contributed by atoms with van der Waals surface area (Å²) in [7, 11) is 1.78. The van der Waals surface area contributed by atoms with Crippen LogP contribution in [0.15, 0.2) is 30.5 Å². The number of para-hydroxylation sites is 1. The minimum Gasteiger partial charge on any atom is -0.321 e. The summed E-state index contributed by atoms with van der Waals surface area (Å²) in [6.07, 6.45) is 1.68. The molecule has 0 aliphatic carbocycles. The van der Waals surface area contributed by atoms with Crippen LogP contribution in [0, 0.1) is 6.92 Å². The number of halogens is 1. The number of hydrogen-bond acceptors (Lipinski definition) is 2. The smallest absolute Gasteiger partial charge is 0.259 e. The number of hydrogen-bond donors (Lipinski definition) is 1. The van der Waals surface area contributed by atoms with E-state index in [9.17, 15) is 4.79 Å². The van der Waals surface area contributed by atoms with Crippen molar-refractivity contribution in [1.29, 1.82) is 0 Å². The van der Waals surface area contributed by atoms with Gasteiger partial charge < -0.3 is 5.32 Å². The first-order valence-electron chi connectivity index (χ1n) is 5.14. The zero-order chi connectivity index (χ0) is 12.4. The van der Waals surface area contributed by atoms with Crippen molar-refractivity contribution >= 4 is 23.2 Å². The van der Waals surface area contributed by atoms with E-state index in [1.807, 2.05) is 12.1 Å². The lowest BCUT2D eigenvalue weighted by Gasteiger charge is -2.05. The number of aryl methyl sites for hydroxylation is 2. The van der Waals surface area contributed by atoms with Crippen molar-refractivity contribution in [3.63, 3.8) is 0 Å². The Labute approximate surface area is 104 Å². The van der Waals surface area contributed by atoms with Gasteiger partial charge in [-0.15, -0.1) is 0 Å². The molecule has 0 saturated carbocycles. The Morgan fingerprint density at radius 2 is 2.12 bits per heavy atom. The van der Waals surface area contributed by atoms with Gasteiger partial charge in [-0.2, -0.15) is 5.10 Å². The molecule has 5 heteroatoms. The van der Waals surface area contributed by atoms with E-state index in [4.69, 9.17) is 11.6 Å². The molecule has 0 atom stereocenters. The molecule has 2 aromatic rings. The maximum atomic E-state index is 12.0. The molecule has 1 N–H and O–H groups in total. The van der Waals surface area contributed by atoms with Gasteiger partial charge in [0.2, 0.25) is 0 Å². The highest BCUT2D eigenvalue weighted by molar-refractivity contribution is 6.33. The normalized spacial score (nSPS) is 10.3. The molecule has 17 heavy (non-hydrogen) atoms. The SMILES string of the molecule is Cc1nn(C)cc1C(=O)Nc1ccccc1Cl. The van der Waals surface area contributed by atoms with Crippen molar-refractivity contribution in [2.24, 2.45) is 7.05 Å². The zero-order valence-electron chi connectivity index (χ0n) is 9.57. The summed E-state index contributed by atoms with van der Waals surface area (Å²) in [6, 6.07) is 7.12. The molecule has 0 aliphatic rings. The lowest BCUT2D eigenvalue weighted by molar-refractivity contribution is 0.102. The fourth-order valence-electron chi connectivity index (χ4n) is 1.57. The van der Waals surface area contributed by atoms with Gasteiger partial charge in [-0.05, 0) is 19.1 Å². The highest BCUT2D eigenvalue weighted by Gasteiger charge is 2.13. The second-order valence-electron chi connectivity index (χ2n) is 3.74. The predicted molar refractivity (Wildman–Crippen MR) is 67.4 cm³/mol. The first-order valence-corrected chi connectivity index (χ1v) is 5.52. The van der Waals surface area contributed by atoms with E-state index in [0.29, 0.717) is 22.0 Å². The highest BCUT2D eigenvalue weighted by Crippen LogP contribution is 2.21. The Kier molecular flexibility index (Phi) is 3.15. The fourth-order valence-corrected chi connectivity index (χ4v) is 1.76. The van der Waals surface area contributed by atoms with Crippen LogP contribution in [0.25, 0.3) is 0 Å². The number of amides is 1. The molecule has 1 heterocycles. The fraction of sp³-hybridized carbons (Fsp3) is 0.167. The van der Waals surface area contributed by atoms with E-state index in [1.165, 1.54) is 0 Å². The summed E-state index contributed by atoms with van der Waals surface area (Å²) in [4.78, 5) is 12.0. The Bertz CT molecular complexity index is 563. The number of carbonyl (C=O) groups is 1. The van der Waals surface area contributed by atoms with E-state index in [1.54, 1.807) is 37.0 Å². The van der Waals surface area contributed by atoms with Crippen molar-refractivity contribution in [2.75, 3.05) is 5.32 Å². The molecular weight excluding hydrogens is 238 g/mol. The Morgan fingerprint density at radius 1 is 1.41 bits per heavy atom. The molecule has 0 unspecified atom stereocenters. The van der Waals surface area contributed by atoms with E-state index in [0.717, 1.165) is 0 Å². The van der Waals surface area contributed by atoms with Crippen molar-refractivity contribution in [1.82, 2.24) is 9.78 Å². The van der Waals surface area contributed by atoms with Gasteiger partial charge in [0.1, 0.15) is 0 Å². The number of nitrogens with zero attached hydrogens (tertiary/aromatic N) is 2. The van der Waals surface area contributed by atoms with Crippen LogP contribution < -0.4 is 5.32 Å². The maximum Gasteiger partial charge on any atom is 0.259 e. The van der Waals surface area contributed by atoms with E-state index in [2.05, 4.69) is 10.4 Å². The Hall–Kier alpha value is -1.81. The van der Waals surface area contributed by atoms with Crippen molar-refractivity contribution in [3.8, 4) is 0 Å². The van der Waals surface area contributed by atoms with Gasteiger partial charge >= 0.3 is 0 Å². The van der Waals surface area contributed by atoms with Gasteiger partial charge in [-0.25, -0.2) is 0 Å². The summed E-state index contributed by atoms with van der Waals surface area (Å²) in [5, 5.41) is 7.39. The lowest BCUT2D eigenvalue weighted by Crippen LogP contribution is -2.12. The van der Waals surface area contributed by atoms with Gasteiger partial charge in [-0.3, -0.25) is 9.48 Å². The molecule has 88 valence electrons. The van der Waals surface area contributed by atoms with E-state index < -0.39 is 0 Å². The zero-order valence-corrected chi connectivity index (χ0v) is 10.3. The molecule has 4 nitrogen and oxygen atoms in total. The van der Waals surface area contributed by atoms with Crippen molar-refractivity contribution in [2.45, 2.75) is 6.92 Å². The molecule has 1 amide bonds. The monoisotopic (exact) mass is 249 g/mol. The van der Waals surface area contributed by atoms with Crippen LogP contribution >= 0.6 is 11.6 Å². The van der Waals surface area contributed by atoms with Gasteiger partial charge in [-0.1, -0.05) is 23.7 Å². The van der Waals surface area contributed by atoms with Crippen molar-refractivity contribution < 1.29 is 4.79 Å². The number of carbonyl (C=O) groups excluding carboxylic acids is 1. The maximum absolute atomic E-state index is 12.0. The van der Waals surface area contributed by atoms with Gasteiger partial charge in [0.05, 0.1) is 22.0 Å². The summed E-state index contributed by atoms with van der Waals surface area (Å²) in [5.74, 6) is -0.205. The Morgan fingerprint density at radius 3 is 2.71 bits per heavy atom. The third-order valence-electron chi connectivity index (χ3n) is 2.38. The molecule has 2 rings (SSSR count). The summed E-state index contributed by atoms with van der Waals surface area (Å²) >= 11 is 5.97. The van der Waals surface area contributed by atoms with Crippen LogP contribution in [0.2, 0.25) is 5.02 Å². The number of rotatable bonds is 2. The lowest BCUT2D eigenvalue weighted by atomic mass is 10.2. The van der Waals surface area contributed by atoms with Gasteiger partial charge in [0.25, 0.3) is 5.91 Å². The average molecular weight is 250 g/mol. The molecule has 0 fully saturated rings. The molecule has 0 spiro atoms. The Balaban J connectivity index is 2.23. The average Bonchev–Trinajstić information content (AvgIpc) is 2.61. The highest BCUT2D eigenvalue weighted by atomic mass is 35.5. The molecule has 0 aliphatic heterocycles. The van der Waals surface area contributed by atoms with Crippen LogP contribution in [0.1, 0.15) is 16.1 Å². The van der Waals surface area contributed by atoms with E-state index in [-0.39, 0.29) is 5.91 Å². The van der Waals surface area contributed by atoms with Gasteiger partial charge in [0, 0.05) is 13.2 Å². The van der Waals surface area contributed by atoms with Crippen LogP contribution in [0.5, 0.6) is 0 Å². The first-order chi connectivity index (χ1) is 8.08. The summed E-state index contributed by atoms with van der Waals surface area (Å²) in [5.41, 5.74) is 1.84. The molecule has 0 saturated heterocycles. The van der Waals surface area contributed by atoms with E-state index >= 15 is 0 Å². The van der Waals surface area contributed by atoms with Gasteiger partial charge in [0.15, 0.2) is 0 Å². The minimum atomic E-state index is -0.205. The van der Waals surface area contributed by atoms with Crippen LogP contribution in [0.3, 0.4) is 0 Å². The second kappa shape index (κ2) is 4.59. The number of benzene rings is 1. The minimum absolute atomic E-state index is 0.205. The predicted octanol–water partition coefficient (Wildman–Crippen LogP) is 2.63. The third-order valence-corrected chi connectivity index (χ3v) is 2.71. The van der Waals surface area contributed by atoms with Crippen LogP contribution in [0.4, 0.5) is 5.69 Å². The van der Waals surface area contributed by atoms with Crippen LogP contribution in [-0.2, 0) is 7.05 Å². The molecule has 1 aromatic carbocycles. The number of anilines is 1. The quantitative estimate of drug-likeness (QED) is 0.889. The molecule has 0 radical (unpaired) electrons. The molecular formula is C12H12ClN3O. The topological polar surface area (TPSA) is 46.9 Å². The standard InChI is InChI=1S/C12H12ClN3O/c1-8-9(7-16(2)15-8)12(17)14-11-6-4-3-5-10(11)13/h3-7H,1-2H3,(H,14,17). The second-order valence-corrected chi connectivity index (χ2v) is 4.14. The first kappa shape index (κ1) is 11.7.